The van der Waals surface area contributed by atoms with E-state index in [4.69, 9.17) is 9.47 Å². The number of aliphatic hydroxyl groups is 1. The van der Waals surface area contributed by atoms with Gasteiger partial charge in [-0.15, -0.1) is 0 Å². The maximum absolute atomic E-state index is 9.51. The summed E-state index contributed by atoms with van der Waals surface area (Å²) in [6.07, 6.45) is 3.62. The van der Waals surface area contributed by atoms with Gasteiger partial charge in [0.15, 0.2) is 11.6 Å². The minimum absolute atomic E-state index is 0.158. The Kier molecular flexibility index (Phi) is 6.20. The highest BCUT2D eigenvalue weighted by atomic mass is 16.5. The molecule has 2 aromatic carbocycles. The van der Waals surface area contributed by atoms with Crippen LogP contribution in [-0.2, 0) is 5.41 Å². The molecule has 1 saturated heterocycles. The largest absolute Gasteiger partial charge is 0.492 e. The van der Waals surface area contributed by atoms with Crippen molar-refractivity contribution in [3.05, 3.63) is 77.9 Å². The molecule has 0 radical (unpaired) electrons. The van der Waals surface area contributed by atoms with Crippen molar-refractivity contribution in [2.75, 3.05) is 13.2 Å². The fourth-order valence-electron chi connectivity index (χ4n) is 3.49. The first-order chi connectivity index (χ1) is 14.9. The van der Waals surface area contributed by atoms with E-state index in [1.54, 1.807) is 19.3 Å². The van der Waals surface area contributed by atoms with Crippen molar-refractivity contribution >= 4 is 0 Å². The molecule has 2 N–H and O–H groups in total. The molecular weight excluding hydrogens is 390 g/mol. The summed E-state index contributed by atoms with van der Waals surface area (Å²) in [4.78, 5) is 8.22. The predicted octanol–water partition coefficient (Wildman–Crippen LogP) is 4.39. The molecule has 162 valence electrons. The SMILES string of the molecule is CC(O)c1ncc(Oc2ccc(C(C)(C)c3ccc(OC[C@@H]4CCN4)cc3)cc2)cn1. The van der Waals surface area contributed by atoms with Crippen LogP contribution in [-0.4, -0.2) is 34.3 Å². The zero-order valence-electron chi connectivity index (χ0n) is 18.2. The molecule has 1 aliphatic heterocycles. The van der Waals surface area contributed by atoms with E-state index in [9.17, 15) is 5.11 Å². The Morgan fingerprint density at radius 1 is 0.968 bits per heavy atom. The van der Waals surface area contributed by atoms with E-state index in [2.05, 4.69) is 53.4 Å². The van der Waals surface area contributed by atoms with Crippen LogP contribution in [0.5, 0.6) is 17.2 Å². The average Bonchev–Trinajstić information content (AvgIpc) is 2.74. The van der Waals surface area contributed by atoms with Gasteiger partial charge in [0.25, 0.3) is 0 Å². The van der Waals surface area contributed by atoms with E-state index in [-0.39, 0.29) is 5.41 Å². The molecule has 1 fully saturated rings. The van der Waals surface area contributed by atoms with Gasteiger partial charge in [-0.25, -0.2) is 9.97 Å². The van der Waals surface area contributed by atoms with Crippen molar-refractivity contribution in [1.82, 2.24) is 15.3 Å². The van der Waals surface area contributed by atoms with E-state index in [0.29, 0.717) is 23.4 Å². The van der Waals surface area contributed by atoms with Crippen LogP contribution >= 0.6 is 0 Å². The van der Waals surface area contributed by atoms with Gasteiger partial charge >= 0.3 is 0 Å². The van der Waals surface area contributed by atoms with Gasteiger partial charge in [-0.05, 0) is 55.3 Å². The van der Waals surface area contributed by atoms with Gasteiger partial charge in [-0.1, -0.05) is 38.1 Å². The Hall–Kier alpha value is -2.96. The smallest absolute Gasteiger partial charge is 0.164 e. The van der Waals surface area contributed by atoms with Crippen LogP contribution in [0.2, 0.25) is 0 Å². The molecule has 2 heterocycles. The topological polar surface area (TPSA) is 76.5 Å². The van der Waals surface area contributed by atoms with E-state index >= 15 is 0 Å². The van der Waals surface area contributed by atoms with Gasteiger partial charge in [-0.2, -0.15) is 0 Å². The molecule has 0 saturated carbocycles. The monoisotopic (exact) mass is 419 g/mol. The maximum Gasteiger partial charge on any atom is 0.164 e. The third-order valence-electron chi connectivity index (χ3n) is 5.79. The van der Waals surface area contributed by atoms with Gasteiger partial charge in [-0.3, -0.25) is 0 Å². The number of nitrogens with zero attached hydrogens (tertiary/aromatic N) is 2. The van der Waals surface area contributed by atoms with Gasteiger partial charge in [0, 0.05) is 11.5 Å². The molecule has 0 amide bonds. The van der Waals surface area contributed by atoms with Crippen LogP contribution < -0.4 is 14.8 Å². The average molecular weight is 420 g/mol. The molecule has 1 unspecified atom stereocenters. The van der Waals surface area contributed by atoms with Crippen LogP contribution in [0, 0.1) is 0 Å². The summed E-state index contributed by atoms with van der Waals surface area (Å²) in [6.45, 7) is 7.86. The second-order valence-electron chi connectivity index (χ2n) is 8.48. The Bertz CT molecular complexity index is 980. The number of benzene rings is 2. The number of rotatable bonds is 8. The molecule has 2 atom stereocenters. The molecule has 6 nitrogen and oxygen atoms in total. The number of hydrogen-bond donors (Lipinski definition) is 2. The van der Waals surface area contributed by atoms with Gasteiger partial charge in [0.1, 0.15) is 24.2 Å². The van der Waals surface area contributed by atoms with Crippen LogP contribution in [0.4, 0.5) is 0 Å². The lowest BCUT2D eigenvalue weighted by Gasteiger charge is -2.28. The molecular formula is C25H29N3O3. The van der Waals surface area contributed by atoms with Gasteiger partial charge < -0.3 is 19.9 Å². The highest BCUT2D eigenvalue weighted by molar-refractivity contribution is 5.42. The summed E-state index contributed by atoms with van der Waals surface area (Å²) in [7, 11) is 0. The van der Waals surface area contributed by atoms with E-state index in [0.717, 1.165) is 18.9 Å². The van der Waals surface area contributed by atoms with Crippen molar-refractivity contribution in [2.45, 2.75) is 44.8 Å². The predicted molar refractivity (Wildman–Crippen MR) is 120 cm³/mol. The summed E-state index contributed by atoms with van der Waals surface area (Å²) in [5.41, 5.74) is 2.25. The molecule has 0 bridgehead atoms. The van der Waals surface area contributed by atoms with Gasteiger partial charge in [0.2, 0.25) is 0 Å². The van der Waals surface area contributed by atoms with E-state index in [1.807, 2.05) is 24.3 Å². The lowest BCUT2D eigenvalue weighted by molar-refractivity contribution is 0.188. The second kappa shape index (κ2) is 9.04. The Morgan fingerprint density at radius 3 is 2.00 bits per heavy atom. The molecule has 0 aliphatic carbocycles. The van der Waals surface area contributed by atoms with Gasteiger partial charge in [0.05, 0.1) is 12.4 Å². The quantitative estimate of drug-likeness (QED) is 0.564. The van der Waals surface area contributed by atoms with E-state index < -0.39 is 6.10 Å². The van der Waals surface area contributed by atoms with Crippen molar-refractivity contribution in [3.8, 4) is 17.2 Å². The number of aliphatic hydroxyl groups excluding tert-OH is 1. The molecule has 0 spiro atoms. The standard InChI is InChI=1S/C25H29N3O3/c1-17(29)24-27-14-23(15-28-24)31-22-10-6-19(7-11-22)25(2,3)18-4-8-21(9-5-18)30-16-20-12-13-26-20/h4-11,14-15,17,20,26,29H,12-13,16H2,1-3H3/t17?,20-/m0/s1. The molecule has 31 heavy (non-hydrogen) atoms. The fraction of sp³-hybridized carbons (Fsp3) is 0.360. The molecule has 6 heteroatoms. The first-order valence-corrected chi connectivity index (χ1v) is 10.7. The van der Waals surface area contributed by atoms with Crippen molar-refractivity contribution < 1.29 is 14.6 Å². The second-order valence-corrected chi connectivity index (χ2v) is 8.48. The Labute approximate surface area is 183 Å². The summed E-state index contributed by atoms with van der Waals surface area (Å²) in [5, 5.41) is 12.9. The van der Waals surface area contributed by atoms with Crippen LogP contribution in [0.3, 0.4) is 0 Å². The maximum atomic E-state index is 9.51. The zero-order valence-corrected chi connectivity index (χ0v) is 18.2. The highest BCUT2D eigenvalue weighted by Crippen LogP contribution is 2.34. The molecule has 4 rings (SSSR count). The first kappa shape index (κ1) is 21.3. The van der Waals surface area contributed by atoms with Crippen LogP contribution in [0.15, 0.2) is 60.9 Å². The summed E-state index contributed by atoms with van der Waals surface area (Å²) < 4.78 is 11.7. The molecule has 1 aromatic heterocycles. The Balaban J connectivity index is 1.40. The Morgan fingerprint density at radius 2 is 1.52 bits per heavy atom. The van der Waals surface area contributed by atoms with Crippen LogP contribution in [0.1, 0.15) is 50.2 Å². The third-order valence-corrected chi connectivity index (χ3v) is 5.79. The van der Waals surface area contributed by atoms with Crippen molar-refractivity contribution in [1.29, 1.82) is 0 Å². The minimum Gasteiger partial charge on any atom is -0.492 e. The minimum atomic E-state index is -0.698. The number of nitrogens with one attached hydrogen (secondary N) is 1. The number of hydrogen-bond acceptors (Lipinski definition) is 6. The molecule has 3 aromatic rings. The van der Waals surface area contributed by atoms with E-state index in [1.165, 1.54) is 17.5 Å². The highest BCUT2D eigenvalue weighted by Gasteiger charge is 2.23. The third kappa shape index (κ3) is 5.03. The van der Waals surface area contributed by atoms with Crippen molar-refractivity contribution in [3.63, 3.8) is 0 Å². The normalized spacial score (nSPS) is 17.0. The van der Waals surface area contributed by atoms with Crippen molar-refractivity contribution in [2.24, 2.45) is 0 Å². The first-order valence-electron chi connectivity index (χ1n) is 10.7. The lowest BCUT2D eigenvalue weighted by Crippen LogP contribution is -2.46. The summed E-state index contributed by atoms with van der Waals surface area (Å²) in [5.74, 6) is 2.52. The number of aromatic nitrogens is 2. The summed E-state index contributed by atoms with van der Waals surface area (Å²) >= 11 is 0. The lowest BCUT2D eigenvalue weighted by atomic mass is 9.78. The number of ether oxygens (including phenoxy) is 2. The van der Waals surface area contributed by atoms with Crippen LogP contribution in [0.25, 0.3) is 0 Å². The fourth-order valence-corrected chi connectivity index (χ4v) is 3.49. The summed E-state index contributed by atoms with van der Waals surface area (Å²) in [6, 6.07) is 16.9. The zero-order chi connectivity index (χ0) is 21.8. The molecule has 1 aliphatic rings.